The SMILES string of the molecule is COc1ccc(C(=O)NC(=O)COC(=O)c2ccc(S(C)(=O)=O)cc2)cc1. The van der Waals surface area contributed by atoms with Crippen LogP contribution in [0.25, 0.3) is 0 Å². The Morgan fingerprint density at radius 1 is 0.926 bits per heavy atom. The zero-order chi connectivity index (χ0) is 20.0. The summed E-state index contributed by atoms with van der Waals surface area (Å²) in [5.74, 6) is -1.69. The maximum absolute atomic E-state index is 11.9. The Balaban J connectivity index is 1.88. The number of sulfone groups is 1. The van der Waals surface area contributed by atoms with E-state index in [4.69, 9.17) is 9.47 Å². The molecule has 0 aliphatic rings. The first-order valence-electron chi connectivity index (χ1n) is 7.66. The molecule has 0 atom stereocenters. The number of hydrogen-bond donors (Lipinski definition) is 1. The summed E-state index contributed by atoms with van der Waals surface area (Å²) < 4.78 is 32.5. The molecule has 0 heterocycles. The van der Waals surface area contributed by atoms with E-state index in [9.17, 15) is 22.8 Å². The normalized spacial score (nSPS) is 10.7. The van der Waals surface area contributed by atoms with Crippen LogP contribution in [-0.2, 0) is 19.4 Å². The third-order valence-electron chi connectivity index (χ3n) is 3.46. The smallest absolute Gasteiger partial charge is 0.338 e. The molecule has 0 aliphatic heterocycles. The fourth-order valence-electron chi connectivity index (χ4n) is 2.03. The van der Waals surface area contributed by atoms with Gasteiger partial charge in [0.05, 0.1) is 17.6 Å². The van der Waals surface area contributed by atoms with E-state index in [1.54, 1.807) is 12.1 Å². The molecule has 1 N–H and O–H groups in total. The summed E-state index contributed by atoms with van der Waals surface area (Å²) >= 11 is 0. The van der Waals surface area contributed by atoms with Gasteiger partial charge < -0.3 is 9.47 Å². The quantitative estimate of drug-likeness (QED) is 0.736. The Bertz CT molecular complexity index is 948. The van der Waals surface area contributed by atoms with Crippen LogP contribution < -0.4 is 10.1 Å². The van der Waals surface area contributed by atoms with Gasteiger partial charge in [0.1, 0.15) is 5.75 Å². The van der Waals surface area contributed by atoms with E-state index < -0.39 is 34.2 Å². The highest BCUT2D eigenvalue weighted by atomic mass is 32.2. The van der Waals surface area contributed by atoms with Gasteiger partial charge >= 0.3 is 5.97 Å². The van der Waals surface area contributed by atoms with Gasteiger partial charge in [-0.05, 0) is 48.5 Å². The summed E-state index contributed by atoms with van der Waals surface area (Å²) in [5, 5.41) is 2.09. The minimum absolute atomic E-state index is 0.0573. The van der Waals surface area contributed by atoms with E-state index in [1.807, 2.05) is 0 Å². The zero-order valence-electron chi connectivity index (χ0n) is 14.6. The number of nitrogens with one attached hydrogen (secondary N) is 1. The number of methoxy groups -OCH3 is 1. The summed E-state index contributed by atoms with van der Waals surface area (Å²) in [4.78, 5) is 35.6. The molecule has 0 spiro atoms. The van der Waals surface area contributed by atoms with Gasteiger partial charge in [0.15, 0.2) is 16.4 Å². The zero-order valence-corrected chi connectivity index (χ0v) is 15.4. The molecule has 2 aromatic carbocycles. The molecule has 142 valence electrons. The number of benzene rings is 2. The lowest BCUT2D eigenvalue weighted by Crippen LogP contribution is -2.34. The molecule has 0 aromatic heterocycles. The molecule has 0 saturated carbocycles. The molecule has 27 heavy (non-hydrogen) atoms. The molecule has 0 saturated heterocycles. The number of esters is 1. The van der Waals surface area contributed by atoms with Gasteiger partial charge in [-0.2, -0.15) is 0 Å². The van der Waals surface area contributed by atoms with Crippen LogP contribution in [-0.4, -0.2) is 46.2 Å². The summed E-state index contributed by atoms with van der Waals surface area (Å²) in [6, 6.07) is 11.2. The average Bonchev–Trinajstić information content (AvgIpc) is 2.65. The predicted octanol–water partition coefficient (Wildman–Crippen LogP) is 1.21. The van der Waals surface area contributed by atoms with E-state index in [0.717, 1.165) is 6.26 Å². The van der Waals surface area contributed by atoms with Gasteiger partial charge in [0, 0.05) is 11.8 Å². The summed E-state index contributed by atoms with van der Waals surface area (Å²) in [5.41, 5.74) is 0.323. The highest BCUT2D eigenvalue weighted by Gasteiger charge is 2.15. The van der Waals surface area contributed by atoms with Crippen LogP contribution in [0.3, 0.4) is 0 Å². The van der Waals surface area contributed by atoms with E-state index in [1.165, 1.54) is 43.5 Å². The monoisotopic (exact) mass is 391 g/mol. The molecule has 0 fully saturated rings. The fraction of sp³-hybridized carbons (Fsp3) is 0.167. The molecule has 0 aliphatic carbocycles. The third-order valence-corrected chi connectivity index (χ3v) is 4.59. The van der Waals surface area contributed by atoms with Crippen molar-refractivity contribution in [1.29, 1.82) is 0 Å². The van der Waals surface area contributed by atoms with Gasteiger partial charge in [-0.15, -0.1) is 0 Å². The summed E-state index contributed by atoms with van der Waals surface area (Å²) in [6.07, 6.45) is 1.05. The number of carbonyl (C=O) groups excluding carboxylic acids is 3. The van der Waals surface area contributed by atoms with Gasteiger partial charge in [-0.3, -0.25) is 14.9 Å². The number of ether oxygens (including phenoxy) is 2. The molecule has 9 heteroatoms. The predicted molar refractivity (Wildman–Crippen MR) is 95.3 cm³/mol. The molecule has 2 rings (SSSR count). The van der Waals surface area contributed by atoms with Crippen LogP contribution >= 0.6 is 0 Å². The lowest BCUT2D eigenvalue weighted by atomic mass is 10.2. The maximum atomic E-state index is 11.9. The molecule has 0 unspecified atom stereocenters. The Morgan fingerprint density at radius 2 is 1.48 bits per heavy atom. The van der Waals surface area contributed by atoms with E-state index in [0.29, 0.717) is 5.75 Å². The van der Waals surface area contributed by atoms with Crippen molar-refractivity contribution in [3.8, 4) is 5.75 Å². The second kappa shape index (κ2) is 8.45. The molecule has 2 amide bonds. The third kappa shape index (κ3) is 5.65. The number of hydrogen-bond acceptors (Lipinski definition) is 7. The minimum atomic E-state index is -3.38. The second-order valence-corrected chi connectivity index (χ2v) is 7.49. The van der Waals surface area contributed by atoms with Gasteiger partial charge in [-0.25, -0.2) is 13.2 Å². The first-order chi connectivity index (χ1) is 12.7. The minimum Gasteiger partial charge on any atom is -0.497 e. The Kier molecular flexibility index (Phi) is 6.30. The van der Waals surface area contributed by atoms with E-state index >= 15 is 0 Å². The number of rotatable bonds is 6. The topological polar surface area (TPSA) is 116 Å². The molecule has 8 nitrogen and oxygen atoms in total. The number of amides is 2. The lowest BCUT2D eigenvalue weighted by molar-refractivity contribution is -0.123. The number of imide groups is 1. The molecular formula is C18H17NO7S. The second-order valence-electron chi connectivity index (χ2n) is 5.48. The first kappa shape index (κ1) is 20.1. The van der Waals surface area contributed by atoms with Crippen molar-refractivity contribution in [3.05, 3.63) is 59.7 Å². The van der Waals surface area contributed by atoms with Crippen LogP contribution in [0, 0.1) is 0 Å². The van der Waals surface area contributed by atoms with E-state index in [-0.39, 0.29) is 16.0 Å². The van der Waals surface area contributed by atoms with Gasteiger partial charge in [0.2, 0.25) is 0 Å². The van der Waals surface area contributed by atoms with Crippen LogP contribution in [0.5, 0.6) is 5.75 Å². The summed E-state index contributed by atoms with van der Waals surface area (Å²) in [6.45, 7) is -0.658. The maximum Gasteiger partial charge on any atom is 0.338 e. The standard InChI is InChI=1S/C18H17NO7S/c1-25-14-7-3-12(4-8-14)17(21)19-16(20)11-26-18(22)13-5-9-15(10-6-13)27(2,23)24/h3-10H,11H2,1-2H3,(H,19,20,21). The van der Waals surface area contributed by atoms with Crippen LogP contribution in [0.15, 0.2) is 53.4 Å². The van der Waals surface area contributed by atoms with Crippen LogP contribution in [0.4, 0.5) is 0 Å². The van der Waals surface area contributed by atoms with Crippen molar-refractivity contribution < 1.29 is 32.3 Å². The summed E-state index contributed by atoms with van der Waals surface area (Å²) in [7, 11) is -1.89. The highest BCUT2D eigenvalue weighted by molar-refractivity contribution is 7.90. The van der Waals surface area contributed by atoms with Gasteiger partial charge in [-0.1, -0.05) is 0 Å². The Labute approximate surface area is 156 Å². The molecular weight excluding hydrogens is 374 g/mol. The average molecular weight is 391 g/mol. The van der Waals surface area contributed by atoms with Crippen molar-refractivity contribution in [1.82, 2.24) is 5.32 Å². The van der Waals surface area contributed by atoms with Crippen molar-refractivity contribution >= 4 is 27.6 Å². The van der Waals surface area contributed by atoms with Crippen LogP contribution in [0.1, 0.15) is 20.7 Å². The largest absolute Gasteiger partial charge is 0.497 e. The van der Waals surface area contributed by atoms with Crippen molar-refractivity contribution in [3.63, 3.8) is 0 Å². The van der Waals surface area contributed by atoms with Crippen molar-refractivity contribution in [2.45, 2.75) is 4.90 Å². The molecule has 2 aromatic rings. The highest BCUT2D eigenvalue weighted by Crippen LogP contribution is 2.12. The van der Waals surface area contributed by atoms with Gasteiger partial charge in [0.25, 0.3) is 11.8 Å². The van der Waals surface area contributed by atoms with E-state index in [2.05, 4.69) is 5.32 Å². The Hall–Kier alpha value is -3.20. The first-order valence-corrected chi connectivity index (χ1v) is 9.55. The van der Waals surface area contributed by atoms with Crippen molar-refractivity contribution in [2.24, 2.45) is 0 Å². The fourth-order valence-corrected chi connectivity index (χ4v) is 2.66. The molecule has 0 radical (unpaired) electrons. The van der Waals surface area contributed by atoms with Crippen LogP contribution in [0.2, 0.25) is 0 Å². The number of carbonyl (C=O) groups is 3. The Morgan fingerprint density at radius 3 is 2.00 bits per heavy atom. The van der Waals surface area contributed by atoms with Crippen molar-refractivity contribution in [2.75, 3.05) is 20.0 Å². The molecule has 0 bridgehead atoms. The lowest BCUT2D eigenvalue weighted by Gasteiger charge is -2.07.